The van der Waals surface area contributed by atoms with E-state index in [4.69, 9.17) is 0 Å². The van der Waals surface area contributed by atoms with Crippen LogP contribution in [0.2, 0.25) is 0 Å². The highest BCUT2D eigenvalue weighted by Crippen LogP contribution is 2.41. The van der Waals surface area contributed by atoms with E-state index in [-0.39, 0.29) is 11.6 Å². The van der Waals surface area contributed by atoms with Crippen LogP contribution in [0.4, 0.5) is 5.69 Å². The highest BCUT2D eigenvalue weighted by atomic mass is 16.2. The van der Waals surface area contributed by atoms with Gasteiger partial charge in [-0.25, -0.2) is 0 Å². The number of ketones is 2. The number of Topliss-reactive ketones (excluding diaryl/α,β-unsaturated/α-hetero) is 2. The lowest BCUT2D eigenvalue weighted by atomic mass is 9.84. The predicted molar refractivity (Wildman–Crippen MR) is 103 cm³/mol. The Bertz CT molecular complexity index is 986. The van der Waals surface area contributed by atoms with Crippen molar-refractivity contribution in [2.75, 3.05) is 5.32 Å². The maximum Gasteiger partial charge on any atom is 0.201 e. The zero-order valence-corrected chi connectivity index (χ0v) is 14.7. The lowest BCUT2D eigenvalue weighted by molar-refractivity contribution is 0.0819. The Morgan fingerprint density at radius 2 is 1.27 bits per heavy atom. The fourth-order valence-electron chi connectivity index (χ4n) is 3.61. The minimum atomic E-state index is -1.43. The molecule has 0 atom stereocenters. The molecule has 0 amide bonds. The van der Waals surface area contributed by atoms with Gasteiger partial charge in [0.1, 0.15) is 0 Å². The molecule has 1 aliphatic carbocycles. The van der Waals surface area contributed by atoms with Crippen molar-refractivity contribution >= 4 is 17.3 Å². The molecular formula is C23H19NO2. The van der Waals surface area contributed by atoms with Gasteiger partial charge in [0.05, 0.1) is 0 Å². The van der Waals surface area contributed by atoms with E-state index in [1.54, 1.807) is 24.3 Å². The summed E-state index contributed by atoms with van der Waals surface area (Å²) in [6.07, 6.45) is 0. The molecule has 3 heteroatoms. The van der Waals surface area contributed by atoms with E-state index in [0.717, 1.165) is 16.8 Å². The number of carbonyl (C=O) groups excluding carboxylic acids is 2. The van der Waals surface area contributed by atoms with Gasteiger partial charge in [0.2, 0.25) is 11.6 Å². The first-order chi connectivity index (χ1) is 12.6. The van der Waals surface area contributed by atoms with E-state index in [1.165, 1.54) is 0 Å². The Labute approximate surface area is 152 Å². The molecule has 26 heavy (non-hydrogen) atoms. The molecule has 4 rings (SSSR count). The monoisotopic (exact) mass is 341 g/mol. The molecule has 0 bridgehead atoms. The molecule has 0 saturated carbocycles. The van der Waals surface area contributed by atoms with Crippen molar-refractivity contribution in [2.45, 2.75) is 19.4 Å². The van der Waals surface area contributed by atoms with Crippen LogP contribution in [0.3, 0.4) is 0 Å². The summed E-state index contributed by atoms with van der Waals surface area (Å²) in [5.74, 6) is -0.407. The third kappa shape index (κ3) is 2.21. The van der Waals surface area contributed by atoms with Crippen molar-refractivity contribution in [2.24, 2.45) is 0 Å². The third-order valence-electron chi connectivity index (χ3n) is 5.23. The average molecular weight is 341 g/mol. The molecule has 1 N–H and O–H groups in total. The van der Waals surface area contributed by atoms with Gasteiger partial charge >= 0.3 is 0 Å². The van der Waals surface area contributed by atoms with Crippen LogP contribution in [0.15, 0.2) is 72.8 Å². The highest BCUT2D eigenvalue weighted by Gasteiger charge is 2.54. The standard InChI is InChI=1S/C23H19NO2/c1-15-9-8-14-20(16(15)2)24-23(17-10-4-3-5-11-17)21(25)18-12-6-7-13-19(18)22(23)26/h3-14,24H,1-2H3. The number of anilines is 1. The lowest BCUT2D eigenvalue weighted by Crippen LogP contribution is -2.46. The zero-order chi connectivity index (χ0) is 18.3. The van der Waals surface area contributed by atoms with E-state index >= 15 is 0 Å². The molecule has 0 saturated heterocycles. The molecule has 0 aromatic heterocycles. The molecule has 0 spiro atoms. The van der Waals surface area contributed by atoms with Gasteiger partial charge in [0.15, 0.2) is 5.54 Å². The van der Waals surface area contributed by atoms with Crippen LogP contribution < -0.4 is 5.32 Å². The average Bonchev–Trinajstić information content (AvgIpc) is 2.89. The van der Waals surface area contributed by atoms with Crippen LogP contribution in [0.25, 0.3) is 0 Å². The summed E-state index contributed by atoms with van der Waals surface area (Å²) in [6.45, 7) is 4.01. The first-order valence-electron chi connectivity index (χ1n) is 8.64. The number of carbonyl (C=O) groups is 2. The number of rotatable bonds is 3. The second kappa shape index (κ2) is 5.95. The second-order valence-electron chi connectivity index (χ2n) is 6.69. The second-order valence-corrected chi connectivity index (χ2v) is 6.69. The van der Waals surface area contributed by atoms with E-state index in [9.17, 15) is 9.59 Å². The molecule has 1 aliphatic rings. The van der Waals surface area contributed by atoms with Crippen molar-refractivity contribution in [3.05, 3.63) is 101 Å². The van der Waals surface area contributed by atoms with Gasteiger partial charge in [-0.1, -0.05) is 66.7 Å². The van der Waals surface area contributed by atoms with Gasteiger partial charge in [0, 0.05) is 16.8 Å². The number of hydrogen-bond donors (Lipinski definition) is 1. The molecule has 3 aromatic carbocycles. The van der Waals surface area contributed by atoms with Crippen molar-refractivity contribution in [1.82, 2.24) is 0 Å². The fraction of sp³-hybridized carbons (Fsp3) is 0.130. The lowest BCUT2D eigenvalue weighted by Gasteiger charge is -2.30. The van der Waals surface area contributed by atoms with Crippen molar-refractivity contribution in [3.63, 3.8) is 0 Å². The molecule has 0 heterocycles. The molecule has 3 aromatic rings. The summed E-state index contributed by atoms with van der Waals surface area (Å²) in [6, 6.07) is 22.2. The molecular weight excluding hydrogens is 322 g/mol. The van der Waals surface area contributed by atoms with E-state index < -0.39 is 5.54 Å². The molecule has 0 unspecified atom stereocenters. The van der Waals surface area contributed by atoms with Gasteiger partial charge in [-0.3, -0.25) is 9.59 Å². The maximum absolute atomic E-state index is 13.4. The Hall–Kier alpha value is -3.20. The van der Waals surface area contributed by atoms with E-state index in [2.05, 4.69) is 5.32 Å². The Kier molecular flexibility index (Phi) is 3.73. The van der Waals surface area contributed by atoms with E-state index in [0.29, 0.717) is 16.7 Å². The first-order valence-corrected chi connectivity index (χ1v) is 8.64. The quantitative estimate of drug-likeness (QED) is 0.703. The maximum atomic E-state index is 13.4. The van der Waals surface area contributed by atoms with Crippen LogP contribution in [0.5, 0.6) is 0 Å². The number of benzene rings is 3. The number of aryl methyl sites for hydroxylation is 1. The Morgan fingerprint density at radius 1 is 0.692 bits per heavy atom. The molecule has 128 valence electrons. The summed E-state index contributed by atoms with van der Waals surface area (Å²) in [4.78, 5) is 26.9. The van der Waals surface area contributed by atoms with Gasteiger partial charge in [-0.15, -0.1) is 0 Å². The van der Waals surface area contributed by atoms with E-state index in [1.807, 2.05) is 62.4 Å². The largest absolute Gasteiger partial charge is 0.362 e. The Balaban J connectivity index is 1.95. The van der Waals surface area contributed by atoms with Crippen LogP contribution in [-0.4, -0.2) is 11.6 Å². The highest BCUT2D eigenvalue weighted by molar-refractivity contribution is 6.34. The summed E-state index contributed by atoms with van der Waals surface area (Å²) in [7, 11) is 0. The molecule has 0 fully saturated rings. The third-order valence-corrected chi connectivity index (χ3v) is 5.23. The topological polar surface area (TPSA) is 46.2 Å². The zero-order valence-electron chi connectivity index (χ0n) is 14.7. The predicted octanol–water partition coefficient (Wildman–Crippen LogP) is 4.69. The summed E-state index contributed by atoms with van der Waals surface area (Å²) >= 11 is 0. The number of fused-ring (bicyclic) bond motifs is 1. The molecule has 0 radical (unpaired) electrons. The van der Waals surface area contributed by atoms with Crippen LogP contribution in [0.1, 0.15) is 37.4 Å². The van der Waals surface area contributed by atoms with Gasteiger partial charge in [0.25, 0.3) is 0 Å². The number of hydrogen-bond acceptors (Lipinski definition) is 3. The Morgan fingerprint density at radius 3 is 1.88 bits per heavy atom. The first kappa shape index (κ1) is 16.3. The minimum absolute atomic E-state index is 0.204. The fourth-order valence-corrected chi connectivity index (χ4v) is 3.61. The summed E-state index contributed by atoms with van der Waals surface area (Å²) < 4.78 is 0. The minimum Gasteiger partial charge on any atom is -0.362 e. The smallest absolute Gasteiger partial charge is 0.201 e. The van der Waals surface area contributed by atoms with Crippen LogP contribution in [0, 0.1) is 13.8 Å². The van der Waals surface area contributed by atoms with Crippen molar-refractivity contribution in [3.8, 4) is 0 Å². The van der Waals surface area contributed by atoms with Crippen molar-refractivity contribution in [1.29, 1.82) is 0 Å². The van der Waals surface area contributed by atoms with Crippen LogP contribution in [-0.2, 0) is 5.54 Å². The SMILES string of the molecule is Cc1cccc(NC2(c3ccccc3)C(=O)c3ccccc3C2=O)c1C. The van der Waals surface area contributed by atoms with Gasteiger partial charge in [-0.05, 0) is 36.6 Å². The molecule has 0 aliphatic heterocycles. The van der Waals surface area contributed by atoms with Gasteiger partial charge in [-0.2, -0.15) is 0 Å². The summed E-state index contributed by atoms with van der Waals surface area (Å²) in [5, 5.41) is 3.33. The summed E-state index contributed by atoms with van der Waals surface area (Å²) in [5.41, 5.74) is 3.10. The van der Waals surface area contributed by atoms with Gasteiger partial charge < -0.3 is 5.32 Å². The van der Waals surface area contributed by atoms with Crippen molar-refractivity contribution < 1.29 is 9.59 Å². The normalized spacial score (nSPS) is 15.0. The molecule has 3 nitrogen and oxygen atoms in total. The van der Waals surface area contributed by atoms with Crippen LogP contribution >= 0.6 is 0 Å². The number of nitrogens with one attached hydrogen (secondary N) is 1.